The summed E-state index contributed by atoms with van der Waals surface area (Å²) in [6.07, 6.45) is 2.41. The molecule has 3 heteroatoms. The highest BCUT2D eigenvalue weighted by Gasteiger charge is 2.18. The average Bonchev–Trinajstić information content (AvgIpc) is 2.48. The maximum atomic E-state index is 10.3. The molecular weight excluding hydrogens is 264 g/mol. The number of aromatic hydroxyl groups is 3. The van der Waals surface area contributed by atoms with Gasteiger partial charge in [-0.15, -0.1) is 0 Å². The first-order valence-electron chi connectivity index (χ1n) is 7.42. The van der Waals surface area contributed by atoms with Gasteiger partial charge in [-0.1, -0.05) is 32.9 Å². The van der Waals surface area contributed by atoms with Crippen LogP contribution in [0.2, 0.25) is 0 Å². The fraction of sp³-hybridized carbons (Fsp3) is 0.333. The maximum Gasteiger partial charge on any atom is 0.165 e. The van der Waals surface area contributed by atoms with Crippen LogP contribution in [0, 0.1) is 0 Å². The van der Waals surface area contributed by atoms with Crippen LogP contribution in [0.4, 0.5) is 0 Å². The van der Waals surface area contributed by atoms with Crippen LogP contribution in [-0.2, 0) is 19.3 Å². The number of benzene rings is 2. The van der Waals surface area contributed by atoms with E-state index in [2.05, 4.69) is 13.8 Å². The zero-order chi connectivity index (χ0) is 15.6. The van der Waals surface area contributed by atoms with E-state index in [0.717, 1.165) is 41.5 Å². The molecule has 3 nitrogen and oxygen atoms in total. The van der Waals surface area contributed by atoms with E-state index in [9.17, 15) is 15.3 Å². The molecule has 0 bridgehead atoms. The second-order valence-electron chi connectivity index (χ2n) is 5.11. The molecule has 0 atom stereocenters. The molecule has 0 unspecified atom stereocenters. The van der Waals surface area contributed by atoms with Gasteiger partial charge in [-0.2, -0.15) is 0 Å². The summed E-state index contributed by atoms with van der Waals surface area (Å²) in [6.45, 7) is 6.16. The van der Waals surface area contributed by atoms with Gasteiger partial charge in [0, 0.05) is 5.56 Å². The van der Waals surface area contributed by atoms with Crippen LogP contribution in [0.1, 0.15) is 37.5 Å². The van der Waals surface area contributed by atoms with Gasteiger partial charge < -0.3 is 15.3 Å². The number of hydrogen-bond acceptors (Lipinski definition) is 3. The summed E-state index contributed by atoms with van der Waals surface area (Å²) in [5, 5.41) is 30.1. The molecule has 3 N–H and O–H groups in total. The summed E-state index contributed by atoms with van der Waals surface area (Å²) < 4.78 is 0. The fourth-order valence-electron chi connectivity index (χ4n) is 3.02. The van der Waals surface area contributed by atoms with Crippen molar-refractivity contribution in [2.45, 2.75) is 40.0 Å². The quantitative estimate of drug-likeness (QED) is 0.740. The smallest absolute Gasteiger partial charge is 0.165 e. The topological polar surface area (TPSA) is 60.7 Å². The summed E-state index contributed by atoms with van der Waals surface area (Å²) in [5.74, 6) is -0.0335. The lowest BCUT2D eigenvalue weighted by molar-refractivity contribution is 0.405. The highest BCUT2D eigenvalue weighted by atomic mass is 16.3. The summed E-state index contributed by atoms with van der Waals surface area (Å²) >= 11 is 0. The molecule has 0 heterocycles. The van der Waals surface area contributed by atoms with Crippen molar-refractivity contribution in [3.05, 3.63) is 41.0 Å². The van der Waals surface area contributed by atoms with Crippen molar-refractivity contribution < 1.29 is 15.3 Å². The molecule has 0 aromatic heterocycles. The largest absolute Gasteiger partial charge is 0.508 e. The standard InChI is InChI=1S/C18H22O3/c1-4-11-12(5-2)15(10-17(20)13(11)6-3)14-8-7-9-16(19)18(14)21/h7-10,19-21H,4-6H2,1-3H3. The predicted molar refractivity (Wildman–Crippen MR) is 85.0 cm³/mol. The number of hydrogen-bond donors (Lipinski definition) is 3. The fourth-order valence-corrected chi connectivity index (χ4v) is 3.02. The van der Waals surface area contributed by atoms with E-state index in [1.807, 2.05) is 6.92 Å². The van der Waals surface area contributed by atoms with Crippen molar-refractivity contribution in [3.63, 3.8) is 0 Å². The molecular formula is C18H22O3. The Hall–Kier alpha value is -2.16. The Morgan fingerprint density at radius 2 is 1.33 bits per heavy atom. The van der Waals surface area contributed by atoms with Gasteiger partial charge in [-0.3, -0.25) is 0 Å². The third kappa shape index (κ3) is 2.56. The highest BCUT2D eigenvalue weighted by molar-refractivity contribution is 5.78. The van der Waals surface area contributed by atoms with Gasteiger partial charge in [0.25, 0.3) is 0 Å². The second kappa shape index (κ2) is 6.08. The van der Waals surface area contributed by atoms with Crippen molar-refractivity contribution >= 4 is 0 Å². The third-order valence-electron chi connectivity index (χ3n) is 4.01. The Bertz CT molecular complexity index is 660. The van der Waals surface area contributed by atoms with E-state index in [4.69, 9.17) is 0 Å². The lowest BCUT2D eigenvalue weighted by atomic mass is 9.87. The molecule has 0 fully saturated rings. The molecule has 112 valence electrons. The predicted octanol–water partition coefficient (Wildman–Crippen LogP) is 4.16. The summed E-state index contributed by atoms with van der Waals surface area (Å²) in [4.78, 5) is 0. The van der Waals surface area contributed by atoms with Crippen molar-refractivity contribution in [1.82, 2.24) is 0 Å². The van der Waals surface area contributed by atoms with E-state index >= 15 is 0 Å². The Kier molecular flexibility index (Phi) is 4.41. The number of phenols is 3. The minimum atomic E-state index is -0.147. The van der Waals surface area contributed by atoms with Crippen LogP contribution in [0.15, 0.2) is 24.3 Å². The lowest BCUT2D eigenvalue weighted by Gasteiger charge is -2.19. The molecule has 0 aliphatic heterocycles. The zero-order valence-electron chi connectivity index (χ0n) is 12.8. The normalized spacial score (nSPS) is 10.8. The molecule has 0 radical (unpaired) electrons. The van der Waals surface area contributed by atoms with Gasteiger partial charge in [0.15, 0.2) is 11.5 Å². The SMILES string of the molecule is CCc1c(O)cc(-c2cccc(O)c2O)c(CC)c1CC. The van der Waals surface area contributed by atoms with Crippen molar-refractivity contribution in [2.24, 2.45) is 0 Å². The van der Waals surface area contributed by atoms with Gasteiger partial charge in [0.05, 0.1) is 0 Å². The van der Waals surface area contributed by atoms with Crippen molar-refractivity contribution in [2.75, 3.05) is 0 Å². The second-order valence-corrected chi connectivity index (χ2v) is 5.11. The monoisotopic (exact) mass is 286 g/mol. The Morgan fingerprint density at radius 1 is 0.714 bits per heavy atom. The van der Waals surface area contributed by atoms with Gasteiger partial charge >= 0.3 is 0 Å². The van der Waals surface area contributed by atoms with Gasteiger partial charge in [-0.25, -0.2) is 0 Å². The van der Waals surface area contributed by atoms with Crippen molar-refractivity contribution in [1.29, 1.82) is 0 Å². The zero-order valence-corrected chi connectivity index (χ0v) is 12.8. The Balaban J connectivity index is 2.80. The van der Waals surface area contributed by atoms with Crippen LogP contribution < -0.4 is 0 Å². The average molecular weight is 286 g/mol. The molecule has 21 heavy (non-hydrogen) atoms. The molecule has 0 amide bonds. The molecule has 2 rings (SSSR count). The van der Waals surface area contributed by atoms with E-state index in [1.54, 1.807) is 18.2 Å². The first kappa shape index (κ1) is 15.2. The summed E-state index contributed by atoms with van der Waals surface area (Å²) in [6, 6.07) is 6.60. The molecule has 0 spiro atoms. The third-order valence-corrected chi connectivity index (χ3v) is 4.01. The molecule has 0 saturated carbocycles. The molecule has 0 saturated heterocycles. The van der Waals surface area contributed by atoms with Crippen LogP contribution >= 0.6 is 0 Å². The number of para-hydroxylation sites is 1. The van der Waals surface area contributed by atoms with Crippen LogP contribution in [0.25, 0.3) is 11.1 Å². The highest BCUT2D eigenvalue weighted by Crippen LogP contribution is 2.42. The minimum absolute atomic E-state index is 0.141. The lowest BCUT2D eigenvalue weighted by Crippen LogP contribution is -2.01. The van der Waals surface area contributed by atoms with Crippen LogP contribution in [0.5, 0.6) is 17.2 Å². The van der Waals surface area contributed by atoms with Crippen molar-refractivity contribution in [3.8, 4) is 28.4 Å². The van der Waals surface area contributed by atoms with Crippen LogP contribution in [0.3, 0.4) is 0 Å². The van der Waals surface area contributed by atoms with Crippen LogP contribution in [-0.4, -0.2) is 15.3 Å². The van der Waals surface area contributed by atoms with E-state index in [1.165, 1.54) is 6.07 Å². The number of rotatable bonds is 4. The van der Waals surface area contributed by atoms with E-state index in [0.29, 0.717) is 5.56 Å². The summed E-state index contributed by atoms with van der Waals surface area (Å²) in [7, 11) is 0. The Labute approximate surface area is 125 Å². The first-order chi connectivity index (χ1) is 10.0. The summed E-state index contributed by atoms with van der Waals surface area (Å²) in [5.41, 5.74) is 4.57. The van der Waals surface area contributed by atoms with Gasteiger partial charge in [0.2, 0.25) is 0 Å². The molecule has 0 aliphatic carbocycles. The van der Waals surface area contributed by atoms with Gasteiger partial charge in [-0.05, 0) is 53.6 Å². The molecule has 2 aromatic rings. The van der Waals surface area contributed by atoms with E-state index < -0.39 is 0 Å². The van der Waals surface area contributed by atoms with Gasteiger partial charge in [0.1, 0.15) is 5.75 Å². The Morgan fingerprint density at radius 3 is 1.90 bits per heavy atom. The first-order valence-corrected chi connectivity index (χ1v) is 7.42. The number of phenolic OH excluding ortho intramolecular Hbond substituents is 3. The van der Waals surface area contributed by atoms with E-state index in [-0.39, 0.29) is 17.2 Å². The minimum Gasteiger partial charge on any atom is -0.508 e. The molecule has 2 aromatic carbocycles. The molecule has 0 aliphatic rings. The maximum absolute atomic E-state index is 10.3.